The Morgan fingerprint density at radius 2 is 2.64 bits per heavy atom. The summed E-state index contributed by atoms with van der Waals surface area (Å²) in [6, 6.07) is 1.94. The van der Waals surface area contributed by atoms with Gasteiger partial charge in [-0.1, -0.05) is 0 Å². The Kier molecular flexibility index (Phi) is 1.77. The van der Waals surface area contributed by atoms with Gasteiger partial charge < -0.3 is 5.73 Å². The minimum absolute atomic E-state index is 0.608. The van der Waals surface area contributed by atoms with Crippen LogP contribution in [-0.4, -0.2) is 21.7 Å². The molecule has 3 N–H and O–H groups in total. The lowest BCUT2D eigenvalue weighted by atomic mass is 10.1. The number of thioether (sulfide) groups is 1. The van der Waals surface area contributed by atoms with Crippen molar-refractivity contribution in [2.75, 3.05) is 17.2 Å². The van der Waals surface area contributed by atoms with Gasteiger partial charge in [0.2, 0.25) is 0 Å². The predicted octanol–water partition coefficient (Wildman–Crippen LogP) is 1.21. The number of aromatic amines is 1. The molecule has 1 aliphatic heterocycles. The molecule has 1 aliphatic rings. The second-order valence-electron chi connectivity index (χ2n) is 2.81. The minimum Gasteiger partial charge on any atom is -0.382 e. The van der Waals surface area contributed by atoms with E-state index < -0.39 is 0 Å². The molecule has 1 atom stereocenters. The first-order valence-electron chi connectivity index (χ1n) is 3.75. The topological polar surface area (TPSA) is 54.7 Å². The Balaban J connectivity index is 2.15. The number of H-pyrrole nitrogens is 1. The van der Waals surface area contributed by atoms with Gasteiger partial charge in [-0.15, -0.1) is 0 Å². The second kappa shape index (κ2) is 2.77. The highest BCUT2D eigenvalue weighted by Gasteiger charge is 2.18. The Morgan fingerprint density at radius 3 is 3.18 bits per heavy atom. The van der Waals surface area contributed by atoms with E-state index in [-0.39, 0.29) is 0 Å². The molecule has 60 valence electrons. The van der Waals surface area contributed by atoms with Crippen molar-refractivity contribution < 1.29 is 0 Å². The van der Waals surface area contributed by atoms with Gasteiger partial charge >= 0.3 is 0 Å². The largest absolute Gasteiger partial charge is 0.382 e. The molecule has 1 aromatic heterocycles. The molecule has 4 heteroatoms. The highest BCUT2D eigenvalue weighted by atomic mass is 32.2. The zero-order chi connectivity index (χ0) is 7.68. The molecule has 11 heavy (non-hydrogen) atoms. The van der Waals surface area contributed by atoms with E-state index in [0.717, 1.165) is 0 Å². The van der Waals surface area contributed by atoms with Crippen LogP contribution in [0.15, 0.2) is 6.07 Å². The number of hydrogen-bond acceptors (Lipinski definition) is 3. The van der Waals surface area contributed by atoms with Crippen LogP contribution in [0, 0.1) is 0 Å². The van der Waals surface area contributed by atoms with Gasteiger partial charge in [0.05, 0.1) is 0 Å². The molecule has 0 radical (unpaired) electrons. The number of nitrogens with one attached hydrogen (secondary N) is 1. The maximum absolute atomic E-state index is 5.50. The summed E-state index contributed by atoms with van der Waals surface area (Å²) in [4.78, 5) is 0. The van der Waals surface area contributed by atoms with Gasteiger partial charge in [0.1, 0.15) is 5.82 Å². The van der Waals surface area contributed by atoms with Gasteiger partial charge in [-0.25, -0.2) is 0 Å². The summed E-state index contributed by atoms with van der Waals surface area (Å²) in [5.74, 6) is 3.74. The van der Waals surface area contributed by atoms with Crippen LogP contribution in [0.4, 0.5) is 5.82 Å². The fourth-order valence-electron chi connectivity index (χ4n) is 1.34. The zero-order valence-corrected chi connectivity index (χ0v) is 7.03. The van der Waals surface area contributed by atoms with Crippen LogP contribution in [0.1, 0.15) is 18.0 Å². The van der Waals surface area contributed by atoms with Crippen molar-refractivity contribution >= 4 is 17.6 Å². The number of rotatable bonds is 1. The summed E-state index contributed by atoms with van der Waals surface area (Å²) >= 11 is 2.00. The Hall–Kier alpha value is -0.640. The quantitative estimate of drug-likeness (QED) is 0.664. The van der Waals surface area contributed by atoms with Crippen molar-refractivity contribution in [3.63, 3.8) is 0 Å². The Bertz CT molecular complexity index is 240. The van der Waals surface area contributed by atoms with Crippen LogP contribution in [0.3, 0.4) is 0 Å². The molecule has 0 spiro atoms. The first kappa shape index (κ1) is 7.03. The number of aromatic nitrogens is 2. The SMILES string of the molecule is Nc1cc(C2CCSC2)[nH]n1. The molecule has 0 bridgehead atoms. The number of nitrogens with zero attached hydrogens (tertiary/aromatic N) is 1. The number of nitrogens with two attached hydrogens (primary N) is 1. The maximum Gasteiger partial charge on any atom is 0.145 e. The molecule has 0 aliphatic carbocycles. The van der Waals surface area contributed by atoms with E-state index in [0.29, 0.717) is 11.7 Å². The predicted molar refractivity (Wildman–Crippen MR) is 47.7 cm³/mol. The third-order valence-corrected chi connectivity index (χ3v) is 3.15. The third-order valence-electron chi connectivity index (χ3n) is 1.99. The van der Waals surface area contributed by atoms with E-state index in [4.69, 9.17) is 5.73 Å². The van der Waals surface area contributed by atoms with E-state index in [2.05, 4.69) is 10.2 Å². The fourth-order valence-corrected chi connectivity index (χ4v) is 2.59. The number of hydrogen-bond donors (Lipinski definition) is 2. The van der Waals surface area contributed by atoms with Gasteiger partial charge in [0, 0.05) is 23.4 Å². The maximum atomic E-state index is 5.50. The molecule has 2 rings (SSSR count). The van der Waals surface area contributed by atoms with Crippen LogP contribution < -0.4 is 5.73 Å². The van der Waals surface area contributed by atoms with Crippen LogP contribution in [0.25, 0.3) is 0 Å². The summed E-state index contributed by atoms with van der Waals surface area (Å²) in [7, 11) is 0. The van der Waals surface area contributed by atoms with Crippen molar-refractivity contribution in [3.8, 4) is 0 Å². The number of nitrogen functional groups attached to an aromatic ring is 1. The smallest absolute Gasteiger partial charge is 0.145 e. The highest BCUT2D eigenvalue weighted by Crippen LogP contribution is 2.31. The van der Waals surface area contributed by atoms with Crippen LogP contribution in [0.5, 0.6) is 0 Å². The van der Waals surface area contributed by atoms with Crippen LogP contribution in [0.2, 0.25) is 0 Å². The molecule has 0 aromatic carbocycles. The zero-order valence-electron chi connectivity index (χ0n) is 6.21. The standard InChI is InChI=1S/C7H11N3S/c8-7-3-6(9-10-7)5-1-2-11-4-5/h3,5H,1-2,4H2,(H3,8,9,10). The van der Waals surface area contributed by atoms with Crippen molar-refractivity contribution in [2.24, 2.45) is 0 Å². The van der Waals surface area contributed by atoms with Crippen molar-refractivity contribution in [1.29, 1.82) is 0 Å². The average molecular weight is 169 g/mol. The van der Waals surface area contributed by atoms with Crippen molar-refractivity contribution in [1.82, 2.24) is 10.2 Å². The minimum atomic E-state index is 0.608. The van der Waals surface area contributed by atoms with E-state index in [9.17, 15) is 0 Å². The Morgan fingerprint density at radius 1 is 1.73 bits per heavy atom. The molecule has 3 nitrogen and oxygen atoms in total. The molecule has 1 aromatic rings. The van der Waals surface area contributed by atoms with E-state index in [1.165, 1.54) is 23.6 Å². The monoisotopic (exact) mass is 169 g/mol. The third kappa shape index (κ3) is 1.35. The van der Waals surface area contributed by atoms with Gasteiger partial charge in [-0.3, -0.25) is 5.10 Å². The average Bonchev–Trinajstić information content (AvgIpc) is 2.55. The molecular formula is C7H11N3S. The summed E-state index contributed by atoms with van der Waals surface area (Å²) in [6.45, 7) is 0. The molecule has 1 fully saturated rings. The summed E-state index contributed by atoms with van der Waals surface area (Å²) in [6.07, 6.45) is 1.26. The summed E-state index contributed by atoms with van der Waals surface area (Å²) in [5.41, 5.74) is 6.70. The van der Waals surface area contributed by atoms with Gasteiger partial charge in [0.15, 0.2) is 0 Å². The first-order valence-corrected chi connectivity index (χ1v) is 4.90. The first-order chi connectivity index (χ1) is 5.36. The molecule has 0 saturated carbocycles. The second-order valence-corrected chi connectivity index (χ2v) is 3.96. The molecule has 2 heterocycles. The van der Waals surface area contributed by atoms with Gasteiger partial charge in [0.25, 0.3) is 0 Å². The van der Waals surface area contributed by atoms with Gasteiger partial charge in [-0.05, 0) is 12.2 Å². The molecular weight excluding hydrogens is 158 g/mol. The number of anilines is 1. The Labute approximate surface area is 69.7 Å². The normalized spacial score (nSPS) is 24.2. The highest BCUT2D eigenvalue weighted by molar-refractivity contribution is 7.99. The van der Waals surface area contributed by atoms with Crippen LogP contribution in [-0.2, 0) is 0 Å². The summed E-state index contributed by atoms with van der Waals surface area (Å²) < 4.78 is 0. The molecule has 1 saturated heterocycles. The van der Waals surface area contributed by atoms with Crippen molar-refractivity contribution in [3.05, 3.63) is 11.8 Å². The summed E-state index contributed by atoms with van der Waals surface area (Å²) in [5, 5.41) is 6.86. The van der Waals surface area contributed by atoms with Gasteiger partial charge in [-0.2, -0.15) is 16.9 Å². The fraction of sp³-hybridized carbons (Fsp3) is 0.571. The van der Waals surface area contributed by atoms with E-state index in [1.807, 2.05) is 17.8 Å². The lowest BCUT2D eigenvalue weighted by molar-refractivity contribution is 0.745. The van der Waals surface area contributed by atoms with Crippen molar-refractivity contribution in [2.45, 2.75) is 12.3 Å². The van der Waals surface area contributed by atoms with E-state index >= 15 is 0 Å². The van der Waals surface area contributed by atoms with E-state index in [1.54, 1.807) is 0 Å². The molecule has 0 amide bonds. The molecule has 1 unspecified atom stereocenters. The lowest BCUT2D eigenvalue weighted by Gasteiger charge is -2.01. The lowest BCUT2D eigenvalue weighted by Crippen LogP contribution is -1.95. The van der Waals surface area contributed by atoms with Crippen LogP contribution >= 0.6 is 11.8 Å².